The number of hydrogen-bond acceptors (Lipinski definition) is 4. The third-order valence-corrected chi connectivity index (χ3v) is 7.44. The molecule has 0 atom stereocenters. The van der Waals surface area contributed by atoms with E-state index in [4.69, 9.17) is 4.42 Å². The van der Waals surface area contributed by atoms with Crippen molar-refractivity contribution in [2.24, 2.45) is 5.92 Å². The van der Waals surface area contributed by atoms with Gasteiger partial charge in [-0.2, -0.15) is 0 Å². The van der Waals surface area contributed by atoms with Gasteiger partial charge in [0.1, 0.15) is 17.2 Å². The summed E-state index contributed by atoms with van der Waals surface area (Å²) in [4.78, 5) is 13.0. The lowest BCUT2D eigenvalue weighted by molar-refractivity contribution is 0.0964. The summed E-state index contributed by atoms with van der Waals surface area (Å²) in [6.07, 6.45) is 2.77. The summed E-state index contributed by atoms with van der Waals surface area (Å²) in [6, 6.07) is 18.7. The van der Waals surface area contributed by atoms with Crippen molar-refractivity contribution in [1.29, 1.82) is 0 Å². The molecule has 1 aromatic heterocycles. The molecule has 8 heteroatoms. The van der Waals surface area contributed by atoms with E-state index >= 15 is 0 Å². The maximum atomic E-state index is 13.6. The van der Waals surface area contributed by atoms with Gasteiger partial charge in [-0.1, -0.05) is 44.2 Å². The van der Waals surface area contributed by atoms with Crippen molar-refractivity contribution in [2.45, 2.75) is 26.7 Å². The number of rotatable bonds is 9. The van der Waals surface area contributed by atoms with Crippen molar-refractivity contribution in [3.63, 3.8) is 0 Å². The first-order valence-electron chi connectivity index (χ1n) is 12.2. The number of nitrogens with one attached hydrogen (secondary N) is 1. The highest BCUT2D eigenvalue weighted by atomic mass is 32.2. The zero-order chi connectivity index (χ0) is 26.7. The first-order chi connectivity index (χ1) is 17.6. The van der Waals surface area contributed by atoms with Gasteiger partial charge in [-0.05, 0) is 54.7 Å². The van der Waals surface area contributed by atoms with Crippen molar-refractivity contribution in [3.05, 3.63) is 78.1 Å². The van der Waals surface area contributed by atoms with Crippen molar-refractivity contribution in [3.8, 4) is 22.5 Å². The van der Waals surface area contributed by atoms with Crippen LogP contribution >= 0.6 is 0 Å². The molecule has 1 heterocycles. The monoisotopic (exact) mass is 522 g/mol. The average molecular weight is 523 g/mol. The van der Waals surface area contributed by atoms with Gasteiger partial charge < -0.3 is 9.73 Å². The minimum absolute atomic E-state index is 0.288. The molecule has 0 spiro atoms. The summed E-state index contributed by atoms with van der Waals surface area (Å²) in [7, 11) is -2.10. The van der Waals surface area contributed by atoms with Crippen molar-refractivity contribution in [2.75, 3.05) is 24.2 Å². The molecule has 0 radical (unpaired) electrons. The number of anilines is 1. The molecule has 0 saturated carbocycles. The highest BCUT2D eigenvalue weighted by molar-refractivity contribution is 7.92. The molecule has 0 bridgehead atoms. The number of halogens is 1. The second-order valence-corrected chi connectivity index (χ2v) is 11.4. The third kappa shape index (κ3) is 5.69. The molecule has 37 heavy (non-hydrogen) atoms. The molecular formula is C29H31FN2O4S. The highest BCUT2D eigenvalue weighted by Gasteiger charge is 2.27. The van der Waals surface area contributed by atoms with Crippen LogP contribution in [0.25, 0.3) is 33.4 Å². The van der Waals surface area contributed by atoms with Crippen LogP contribution in [0, 0.1) is 11.7 Å². The minimum atomic E-state index is -3.63. The molecule has 6 nitrogen and oxygen atoms in total. The van der Waals surface area contributed by atoms with Crippen LogP contribution in [0.3, 0.4) is 0 Å². The molecule has 1 N–H and O–H groups in total. The van der Waals surface area contributed by atoms with Gasteiger partial charge >= 0.3 is 0 Å². The summed E-state index contributed by atoms with van der Waals surface area (Å²) in [6.45, 7) is 4.52. The number of fused-ring (bicyclic) bond motifs is 1. The van der Waals surface area contributed by atoms with E-state index < -0.39 is 15.8 Å². The number of benzene rings is 3. The maximum absolute atomic E-state index is 13.6. The number of amides is 1. The topological polar surface area (TPSA) is 79.6 Å². The van der Waals surface area contributed by atoms with Gasteiger partial charge in [0.05, 0.1) is 17.5 Å². The number of hydrogen-bond donors (Lipinski definition) is 1. The SMILES string of the molecule is CNC(=O)c1c(-c2ccc(F)cc2)oc2cc(N(CCCC(C)C)S(C)(=O)=O)c(-c3ccccc3)cc12. The second kappa shape index (κ2) is 10.8. The summed E-state index contributed by atoms with van der Waals surface area (Å²) < 4.78 is 47.2. The van der Waals surface area contributed by atoms with E-state index in [1.54, 1.807) is 18.2 Å². The molecule has 1 amide bonds. The van der Waals surface area contributed by atoms with Crippen LogP contribution in [0.15, 0.2) is 71.1 Å². The molecule has 0 aliphatic carbocycles. The molecule has 4 aromatic rings. The van der Waals surface area contributed by atoms with E-state index in [9.17, 15) is 17.6 Å². The normalized spacial score (nSPS) is 11.7. The van der Waals surface area contributed by atoms with Gasteiger partial charge in [0, 0.05) is 36.2 Å². The predicted molar refractivity (Wildman–Crippen MR) is 147 cm³/mol. The molecule has 0 saturated heterocycles. The fourth-order valence-corrected chi connectivity index (χ4v) is 5.42. The second-order valence-electron chi connectivity index (χ2n) is 9.49. The minimum Gasteiger partial charge on any atom is -0.455 e. The molecule has 0 fully saturated rings. The van der Waals surface area contributed by atoms with Crippen molar-refractivity contribution >= 4 is 32.6 Å². The van der Waals surface area contributed by atoms with Crippen molar-refractivity contribution in [1.82, 2.24) is 5.32 Å². The van der Waals surface area contributed by atoms with Gasteiger partial charge in [0.15, 0.2) is 0 Å². The van der Waals surface area contributed by atoms with Crippen LogP contribution in [0.4, 0.5) is 10.1 Å². The zero-order valence-corrected chi connectivity index (χ0v) is 22.2. The first-order valence-corrected chi connectivity index (χ1v) is 14.1. The zero-order valence-electron chi connectivity index (χ0n) is 21.4. The van der Waals surface area contributed by atoms with E-state index in [1.807, 2.05) is 36.4 Å². The van der Waals surface area contributed by atoms with Crippen molar-refractivity contribution < 1.29 is 22.0 Å². The number of carbonyl (C=O) groups excluding carboxylic acids is 1. The Bertz CT molecular complexity index is 1510. The standard InChI is InChI=1S/C29H31FN2O4S/c1-19(2)9-8-16-32(37(4,34)35)25-18-26-24(17-23(25)20-10-6-5-7-11-20)27(29(33)31-3)28(36-26)21-12-14-22(30)15-13-21/h5-7,10-15,17-19H,8-9,16H2,1-4H3,(H,31,33). The largest absolute Gasteiger partial charge is 0.455 e. The Morgan fingerprint density at radius 1 is 1.03 bits per heavy atom. The highest BCUT2D eigenvalue weighted by Crippen LogP contribution is 2.41. The fraction of sp³-hybridized carbons (Fsp3) is 0.276. The van der Waals surface area contributed by atoms with E-state index in [2.05, 4.69) is 19.2 Å². The maximum Gasteiger partial charge on any atom is 0.255 e. The van der Waals surface area contributed by atoms with Crippen LogP contribution in [0.1, 0.15) is 37.0 Å². The quantitative estimate of drug-likeness (QED) is 0.273. The lowest BCUT2D eigenvalue weighted by atomic mass is 9.98. The van der Waals surface area contributed by atoms with Gasteiger partial charge in [0.2, 0.25) is 10.0 Å². The van der Waals surface area contributed by atoms with E-state index in [-0.39, 0.29) is 11.7 Å². The molecule has 4 rings (SSSR count). The molecule has 0 aliphatic heterocycles. The Balaban J connectivity index is 2.01. The number of sulfonamides is 1. The smallest absolute Gasteiger partial charge is 0.255 e. The van der Waals surface area contributed by atoms with Crippen LogP contribution in [0.2, 0.25) is 0 Å². The van der Waals surface area contributed by atoms with Crippen LogP contribution in [0.5, 0.6) is 0 Å². The van der Waals surface area contributed by atoms with Gasteiger partial charge in [-0.25, -0.2) is 12.8 Å². The molecule has 0 aliphatic rings. The summed E-state index contributed by atoms with van der Waals surface area (Å²) in [5, 5.41) is 3.20. The van der Waals surface area contributed by atoms with E-state index in [1.165, 1.54) is 29.7 Å². The van der Waals surface area contributed by atoms with Gasteiger partial charge in [-0.15, -0.1) is 0 Å². The molecule has 0 unspecified atom stereocenters. The lowest BCUT2D eigenvalue weighted by Gasteiger charge is -2.25. The van der Waals surface area contributed by atoms with Crippen LogP contribution in [-0.2, 0) is 10.0 Å². The Morgan fingerprint density at radius 2 is 1.70 bits per heavy atom. The molecular weight excluding hydrogens is 491 g/mol. The number of carbonyl (C=O) groups is 1. The van der Waals surface area contributed by atoms with E-state index in [0.717, 1.165) is 12.0 Å². The first kappa shape index (κ1) is 26.4. The van der Waals surface area contributed by atoms with Crippen LogP contribution < -0.4 is 9.62 Å². The summed E-state index contributed by atoms with van der Waals surface area (Å²) in [5.74, 6) is -0.0332. The van der Waals surface area contributed by atoms with Gasteiger partial charge in [-0.3, -0.25) is 9.10 Å². The molecule has 3 aromatic carbocycles. The lowest BCUT2D eigenvalue weighted by Crippen LogP contribution is -2.31. The Labute approximate surface area is 217 Å². The average Bonchev–Trinajstić information content (AvgIpc) is 3.24. The Hall–Kier alpha value is -3.65. The third-order valence-electron chi connectivity index (χ3n) is 6.26. The van der Waals surface area contributed by atoms with Crippen LogP contribution in [-0.4, -0.2) is 34.2 Å². The van der Waals surface area contributed by atoms with Gasteiger partial charge in [0.25, 0.3) is 5.91 Å². The fourth-order valence-electron chi connectivity index (χ4n) is 4.45. The predicted octanol–water partition coefficient (Wildman–Crippen LogP) is 6.47. The van der Waals surface area contributed by atoms with E-state index in [0.29, 0.717) is 52.2 Å². The molecule has 194 valence electrons. The summed E-state index contributed by atoms with van der Waals surface area (Å²) in [5.41, 5.74) is 3.16. The Kier molecular flexibility index (Phi) is 7.68. The number of furan rings is 1. The summed E-state index contributed by atoms with van der Waals surface area (Å²) >= 11 is 0. The number of nitrogens with zero attached hydrogens (tertiary/aromatic N) is 1. The Morgan fingerprint density at radius 3 is 2.30 bits per heavy atom.